The van der Waals surface area contributed by atoms with Crippen LogP contribution in [0.25, 0.3) is 0 Å². The van der Waals surface area contributed by atoms with Gasteiger partial charge in [0.2, 0.25) is 0 Å². The summed E-state index contributed by atoms with van der Waals surface area (Å²) < 4.78 is 0. The third-order valence-electron chi connectivity index (χ3n) is 0.684. The number of halogens is 2. The molecule has 8 heavy (non-hydrogen) atoms. The van der Waals surface area contributed by atoms with E-state index < -0.39 is 10.8 Å². The Labute approximate surface area is 61.0 Å². The van der Waals surface area contributed by atoms with Crippen LogP contribution in [-0.4, -0.2) is 21.3 Å². The van der Waals surface area contributed by atoms with Crippen LogP contribution >= 0.6 is 27.5 Å². The molecule has 0 spiro atoms. The van der Waals surface area contributed by atoms with Crippen molar-refractivity contribution < 1.29 is 9.90 Å². The number of alkyl halides is 1. The minimum atomic E-state index is -1.42. The number of hydrogen-bond acceptors (Lipinski definition) is 2. The molecule has 0 heterocycles. The van der Waals surface area contributed by atoms with E-state index in [1.165, 1.54) is 6.92 Å². The topological polar surface area (TPSA) is 37.3 Å². The van der Waals surface area contributed by atoms with Crippen molar-refractivity contribution in [1.29, 1.82) is 0 Å². The molecule has 48 valence electrons. The molecule has 0 radical (unpaired) electrons. The summed E-state index contributed by atoms with van der Waals surface area (Å²) in [6.07, 6.45) is 0. The molecule has 1 N–H and O–H groups in total. The third kappa shape index (κ3) is 2.11. The van der Waals surface area contributed by atoms with E-state index >= 15 is 0 Å². The Kier molecular flexibility index (Phi) is 2.94. The molecule has 0 aromatic carbocycles. The monoisotopic (exact) mass is 200 g/mol. The zero-order chi connectivity index (χ0) is 6.78. The first-order valence-electron chi connectivity index (χ1n) is 1.99. The summed E-state index contributed by atoms with van der Waals surface area (Å²) in [5, 5.41) is 8.30. The zero-order valence-electron chi connectivity index (χ0n) is 4.32. The normalized spacial score (nSPS) is 17.5. The van der Waals surface area contributed by atoms with Crippen molar-refractivity contribution in [2.24, 2.45) is 0 Å². The summed E-state index contributed by atoms with van der Waals surface area (Å²) in [5.74, 6) is 0. The van der Waals surface area contributed by atoms with Crippen molar-refractivity contribution in [3.05, 3.63) is 0 Å². The lowest BCUT2D eigenvalue weighted by atomic mass is 10.2. The average molecular weight is 201 g/mol. The van der Waals surface area contributed by atoms with Gasteiger partial charge < -0.3 is 5.11 Å². The molecule has 4 heteroatoms. The fourth-order valence-electron chi connectivity index (χ4n) is 0.0525. The maximum Gasteiger partial charge on any atom is 0.253 e. The predicted molar refractivity (Wildman–Crippen MR) is 35.3 cm³/mol. The number of carbonyl (C=O) groups excluding carboxylic acids is 1. The number of aliphatic hydroxyl groups is 1. The Morgan fingerprint density at radius 2 is 2.38 bits per heavy atom. The van der Waals surface area contributed by atoms with Crippen LogP contribution in [0.15, 0.2) is 0 Å². The predicted octanol–water partition coefficient (Wildman–Crippen LogP) is 0.898. The standard InChI is InChI=1S/C4H6BrClO2/c1-4(8,2-5)3(6)7/h8H,2H2,1H3/t4-/m1/s1. The number of rotatable bonds is 2. The highest BCUT2D eigenvalue weighted by molar-refractivity contribution is 9.09. The Morgan fingerprint density at radius 1 is 2.00 bits per heavy atom. The second-order valence-corrected chi connectivity index (χ2v) is 2.59. The van der Waals surface area contributed by atoms with Crippen molar-refractivity contribution >= 4 is 32.8 Å². The molecule has 0 saturated heterocycles. The number of carbonyl (C=O) groups is 1. The molecule has 0 aliphatic rings. The summed E-state index contributed by atoms with van der Waals surface area (Å²) in [6.45, 7) is 1.34. The molecule has 0 unspecified atom stereocenters. The van der Waals surface area contributed by atoms with Gasteiger partial charge in [-0.25, -0.2) is 0 Å². The van der Waals surface area contributed by atoms with Crippen LogP contribution in [0.3, 0.4) is 0 Å². The van der Waals surface area contributed by atoms with Gasteiger partial charge in [0.25, 0.3) is 5.24 Å². The highest BCUT2D eigenvalue weighted by Crippen LogP contribution is 2.10. The quantitative estimate of drug-likeness (QED) is 0.532. The van der Waals surface area contributed by atoms with E-state index in [1.54, 1.807) is 0 Å². The summed E-state index contributed by atoms with van der Waals surface area (Å²) in [7, 11) is 0. The van der Waals surface area contributed by atoms with Gasteiger partial charge in [-0.05, 0) is 18.5 Å². The zero-order valence-corrected chi connectivity index (χ0v) is 6.66. The molecule has 0 amide bonds. The SMILES string of the molecule is C[C@@](O)(CBr)C(=O)Cl. The van der Waals surface area contributed by atoms with E-state index in [1.807, 2.05) is 0 Å². The van der Waals surface area contributed by atoms with Crippen molar-refractivity contribution in [3.8, 4) is 0 Å². The van der Waals surface area contributed by atoms with Gasteiger partial charge in [0.1, 0.15) is 5.60 Å². The van der Waals surface area contributed by atoms with Gasteiger partial charge in [-0.3, -0.25) is 4.79 Å². The fourth-order valence-corrected chi connectivity index (χ4v) is 0.535. The molecule has 0 aromatic rings. The molecular weight excluding hydrogens is 195 g/mol. The largest absolute Gasteiger partial charge is 0.380 e. The van der Waals surface area contributed by atoms with Crippen LogP contribution < -0.4 is 0 Å². The first kappa shape index (κ1) is 8.40. The van der Waals surface area contributed by atoms with Gasteiger partial charge in [0.05, 0.1) is 0 Å². The van der Waals surface area contributed by atoms with Gasteiger partial charge in [0.15, 0.2) is 0 Å². The smallest absolute Gasteiger partial charge is 0.253 e. The Hall–Kier alpha value is 0.400. The van der Waals surface area contributed by atoms with Crippen molar-refractivity contribution in [2.75, 3.05) is 5.33 Å². The van der Waals surface area contributed by atoms with Gasteiger partial charge in [-0.1, -0.05) is 15.9 Å². The van der Waals surface area contributed by atoms with Gasteiger partial charge in [0, 0.05) is 5.33 Å². The lowest BCUT2D eigenvalue weighted by molar-refractivity contribution is -0.124. The summed E-state index contributed by atoms with van der Waals surface area (Å²) in [5.41, 5.74) is -1.42. The second kappa shape index (κ2) is 2.80. The highest BCUT2D eigenvalue weighted by atomic mass is 79.9. The Morgan fingerprint density at radius 3 is 2.38 bits per heavy atom. The molecule has 0 bridgehead atoms. The van der Waals surface area contributed by atoms with E-state index in [0.717, 1.165) is 0 Å². The first-order valence-corrected chi connectivity index (χ1v) is 3.49. The van der Waals surface area contributed by atoms with Crippen molar-refractivity contribution in [3.63, 3.8) is 0 Å². The molecule has 0 aromatic heterocycles. The minimum Gasteiger partial charge on any atom is -0.380 e. The maximum absolute atomic E-state index is 10.2. The third-order valence-corrected chi connectivity index (χ3v) is 2.18. The van der Waals surface area contributed by atoms with Gasteiger partial charge in [-0.2, -0.15) is 0 Å². The van der Waals surface area contributed by atoms with Crippen LogP contribution in [0.1, 0.15) is 6.92 Å². The fraction of sp³-hybridized carbons (Fsp3) is 0.750. The van der Waals surface area contributed by atoms with E-state index in [9.17, 15) is 4.79 Å². The molecule has 0 saturated carbocycles. The van der Waals surface area contributed by atoms with Gasteiger partial charge in [-0.15, -0.1) is 0 Å². The maximum atomic E-state index is 10.2. The van der Waals surface area contributed by atoms with Crippen molar-refractivity contribution in [1.82, 2.24) is 0 Å². The van der Waals surface area contributed by atoms with Gasteiger partial charge >= 0.3 is 0 Å². The minimum absolute atomic E-state index is 0.169. The average Bonchev–Trinajstić information content (AvgIpc) is 1.67. The molecule has 1 atom stereocenters. The summed E-state index contributed by atoms with van der Waals surface area (Å²) in [6, 6.07) is 0. The van der Waals surface area contributed by atoms with E-state index in [2.05, 4.69) is 15.9 Å². The first-order chi connectivity index (χ1) is 3.50. The molecule has 0 fully saturated rings. The van der Waals surface area contributed by atoms with E-state index in [0.29, 0.717) is 0 Å². The molecule has 0 aliphatic heterocycles. The van der Waals surface area contributed by atoms with E-state index in [-0.39, 0.29) is 5.33 Å². The van der Waals surface area contributed by atoms with Crippen LogP contribution in [0, 0.1) is 0 Å². The Balaban J connectivity index is 3.91. The van der Waals surface area contributed by atoms with E-state index in [4.69, 9.17) is 16.7 Å². The summed E-state index contributed by atoms with van der Waals surface area (Å²) >= 11 is 7.87. The Bertz CT molecular complexity index is 102. The van der Waals surface area contributed by atoms with Crippen LogP contribution in [0.4, 0.5) is 0 Å². The van der Waals surface area contributed by atoms with Crippen LogP contribution in [0.2, 0.25) is 0 Å². The summed E-state index contributed by atoms with van der Waals surface area (Å²) in [4.78, 5) is 10.2. The lowest BCUT2D eigenvalue weighted by Crippen LogP contribution is -2.33. The molecule has 0 rings (SSSR count). The number of hydrogen-bond donors (Lipinski definition) is 1. The lowest BCUT2D eigenvalue weighted by Gasteiger charge is -2.12. The molecular formula is C4H6BrClO2. The molecule has 2 nitrogen and oxygen atoms in total. The van der Waals surface area contributed by atoms with Crippen LogP contribution in [-0.2, 0) is 4.79 Å². The van der Waals surface area contributed by atoms with Crippen LogP contribution in [0.5, 0.6) is 0 Å². The molecule has 0 aliphatic carbocycles. The van der Waals surface area contributed by atoms with Crippen molar-refractivity contribution in [2.45, 2.75) is 12.5 Å². The second-order valence-electron chi connectivity index (χ2n) is 1.68. The highest BCUT2D eigenvalue weighted by Gasteiger charge is 2.26.